The van der Waals surface area contributed by atoms with Gasteiger partial charge in [-0.15, -0.1) is 0 Å². The number of rotatable bonds is 4. The molecule has 2 aromatic heterocycles. The average Bonchev–Trinajstić information content (AvgIpc) is 2.93. The molecule has 0 unspecified atom stereocenters. The van der Waals surface area contributed by atoms with Crippen LogP contribution in [0, 0.1) is 20.8 Å². The van der Waals surface area contributed by atoms with Crippen molar-refractivity contribution in [3.63, 3.8) is 0 Å². The molecule has 0 spiro atoms. The number of carbonyl (C=O) groups excluding carboxylic acids is 1. The zero-order chi connectivity index (χ0) is 19.8. The molecule has 0 N–H and O–H groups in total. The minimum Gasteiger partial charge on any atom is -0.465 e. The van der Waals surface area contributed by atoms with E-state index in [4.69, 9.17) is 4.74 Å². The summed E-state index contributed by atoms with van der Waals surface area (Å²) in [5.74, 6) is -0.218. The Balaban J connectivity index is 2.03. The van der Waals surface area contributed by atoms with Gasteiger partial charge in [-0.3, -0.25) is 9.78 Å². The summed E-state index contributed by atoms with van der Waals surface area (Å²) < 4.78 is 7.26. The molecule has 0 radical (unpaired) electrons. The maximum absolute atomic E-state index is 12.2. The molecular formula is C24H24N2O2. The van der Waals surface area contributed by atoms with Crippen molar-refractivity contribution in [1.82, 2.24) is 9.55 Å². The number of esters is 1. The number of pyridine rings is 1. The fourth-order valence-corrected chi connectivity index (χ4v) is 4.02. The van der Waals surface area contributed by atoms with Gasteiger partial charge < -0.3 is 9.30 Å². The van der Waals surface area contributed by atoms with Crippen LogP contribution in [-0.2, 0) is 16.1 Å². The number of carbonyl (C=O) groups is 1. The van der Waals surface area contributed by atoms with Crippen molar-refractivity contribution in [2.45, 2.75) is 34.2 Å². The molecule has 0 aliphatic carbocycles. The number of para-hydroxylation sites is 1. The van der Waals surface area contributed by atoms with Gasteiger partial charge in [0.25, 0.3) is 0 Å². The first kappa shape index (κ1) is 18.2. The Labute approximate surface area is 164 Å². The number of hydrogen-bond donors (Lipinski definition) is 0. The largest absolute Gasteiger partial charge is 0.465 e. The van der Waals surface area contributed by atoms with Crippen molar-refractivity contribution in [1.29, 1.82) is 0 Å². The third kappa shape index (κ3) is 2.95. The standard InChI is InChI=1S/C24H24N2O2/c1-5-28-22(27)14-26-17(4)23(20-13-15(2)9-10-21(20)26)18-11-12-25-24-16(3)7-6-8-19(18)24/h6-13H,5,14H2,1-4H3. The molecule has 28 heavy (non-hydrogen) atoms. The van der Waals surface area contributed by atoms with Gasteiger partial charge in [-0.05, 0) is 57.0 Å². The Morgan fingerprint density at radius 3 is 2.68 bits per heavy atom. The summed E-state index contributed by atoms with van der Waals surface area (Å²) in [7, 11) is 0. The van der Waals surface area contributed by atoms with Crippen LogP contribution in [0.4, 0.5) is 0 Å². The molecule has 0 saturated heterocycles. The fraction of sp³-hybridized carbons (Fsp3) is 0.250. The van der Waals surface area contributed by atoms with E-state index < -0.39 is 0 Å². The van der Waals surface area contributed by atoms with Crippen LogP contribution in [0.1, 0.15) is 23.7 Å². The molecule has 2 heterocycles. The summed E-state index contributed by atoms with van der Waals surface area (Å²) in [5, 5.41) is 2.28. The minimum absolute atomic E-state index is 0.210. The predicted octanol–water partition coefficient (Wildman–Crippen LogP) is 5.34. The van der Waals surface area contributed by atoms with Crippen molar-refractivity contribution in [3.05, 3.63) is 65.5 Å². The Morgan fingerprint density at radius 1 is 1.07 bits per heavy atom. The lowest BCUT2D eigenvalue weighted by Gasteiger charge is -2.10. The topological polar surface area (TPSA) is 44.1 Å². The molecule has 0 amide bonds. The van der Waals surface area contributed by atoms with Crippen LogP contribution in [0.2, 0.25) is 0 Å². The van der Waals surface area contributed by atoms with E-state index >= 15 is 0 Å². The summed E-state index contributed by atoms with van der Waals surface area (Å²) in [6.45, 7) is 8.68. The van der Waals surface area contributed by atoms with Crippen LogP contribution in [-0.4, -0.2) is 22.1 Å². The Morgan fingerprint density at radius 2 is 1.89 bits per heavy atom. The van der Waals surface area contributed by atoms with Crippen molar-refractivity contribution in [2.75, 3.05) is 6.61 Å². The van der Waals surface area contributed by atoms with Crippen LogP contribution >= 0.6 is 0 Å². The van der Waals surface area contributed by atoms with E-state index in [9.17, 15) is 4.79 Å². The third-order valence-corrected chi connectivity index (χ3v) is 5.31. The van der Waals surface area contributed by atoms with E-state index in [0.29, 0.717) is 6.61 Å². The summed E-state index contributed by atoms with van der Waals surface area (Å²) in [6, 6.07) is 14.7. The molecule has 4 heteroatoms. The second-order valence-corrected chi connectivity index (χ2v) is 7.20. The van der Waals surface area contributed by atoms with Crippen LogP contribution in [0.3, 0.4) is 0 Å². The lowest BCUT2D eigenvalue weighted by Crippen LogP contribution is -2.14. The predicted molar refractivity (Wildman–Crippen MR) is 114 cm³/mol. The van der Waals surface area contributed by atoms with E-state index in [0.717, 1.165) is 44.2 Å². The first-order valence-corrected chi connectivity index (χ1v) is 9.61. The SMILES string of the molecule is CCOC(=O)Cn1c(C)c(-c2ccnc3c(C)cccc23)c2cc(C)ccc21. The van der Waals surface area contributed by atoms with Crippen LogP contribution in [0.15, 0.2) is 48.7 Å². The Kier molecular flexibility index (Phi) is 4.63. The van der Waals surface area contributed by atoms with Gasteiger partial charge in [0.2, 0.25) is 0 Å². The normalized spacial score (nSPS) is 11.3. The first-order chi connectivity index (χ1) is 13.5. The molecule has 4 nitrogen and oxygen atoms in total. The summed E-state index contributed by atoms with van der Waals surface area (Å²) in [6.07, 6.45) is 1.87. The van der Waals surface area contributed by atoms with Gasteiger partial charge in [0.15, 0.2) is 0 Å². The van der Waals surface area contributed by atoms with Crippen molar-refractivity contribution in [3.8, 4) is 11.1 Å². The molecule has 0 atom stereocenters. The van der Waals surface area contributed by atoms with Gasteiger partial charge in [-0.1, -0.05) is 29.8 Å². The molecule has 2 aromatic carbocycles. The van der Waals surface area contributed by atoms with Crippen LogP contribution < -0.4 is 0 Å². The second-order valence-electron chi connectivity index (χ2n) is 7.20. The van der Waals surface area contributed by atoms with E-state index in [-0.39, 0.29) is 12.5 Å². The molecule has 0 bridgehead atoms. The lowest BCUT2D eigenvalue weighted by molar-refractivity contribution is -0.143. The molecule has 0 aliphatic heterocycles. The maximum Gasteiger partial charge on any atom is 0.325 e. The molecule has 0 fully saturated rings. The van der Waals surface area contributed by atoms with Crippen LogP contribution in [0.5, 0.6) is 0 Å². The molecule has 4 aromatic rings. The zero-order valence-corrected chi connectivity index (χ0v) is 16.7. The van der Waals surface area contributed by atoms with Gasteiger partial charge in [0.1, 0.15) is 6.54 Å². The average molecular weight is 372 g/mol. The highest BCUT2D eigenvalue weighted by molar-refractivity contribution is 6.06. The van der Waals surface area contributed by atoms with Gasteiger partial charge in [0.05, 0.1) is 12.1 Å². The van der Waals surface area contributed by atoms with E-state index in [1.54, 1.807) is 0 Å². The third-order valence-electron chi connectivity index (χ3n) is 5.31. The summed E-state index contributed by atoms with van der Waals surface area (Å²) >= 11 is 0. The highest BCUT2D eigenvalue weighted by atomic mass is 16.5. The van der Waals surface area contributed by atoms with Crippen LogP contribution in [0.25, 0.3) is 32.9 Å². The van der Waals surface area contributed by atoms with Crippen molar-refractivity contribution in [2.24, 2.45) is 0 Å². The molecule has 0 saturated carbocycles. The number of hydrogen-bond acceptors (Lipinski definition) is 3. The van der Waals surface area contributed by atoms with Crippen molar-refractivity contribution < 1.29 is 9.53 Å². The van der Waals surface area contributed by atoms with Gasteiger partial charge >= 0.3 is 5.97 Å². The number of aryl methyl sites for hydroxylation is 2. The van der Waals surface area contributed by atoms with E-state index in [1.165, 1.54) is 5.56 Å². The first-order valence-electron chi connectivity index (χ1n) is 9.61. The number of nitrogens with zero attached hydrogens (tertiary/aromatic N) is 2. The van der Waals surface area contributed by atoms with Gasteiger partial charge in [-0.2, -0.15) is 0 Å². The number of ether oxygens (including phenoxy) is 1. The molecule has 0 aliphatic rings. The van der Waals surface area contributed by atoms with E-state index in [2.05, 4.69) is 72.8 Å². The number of fused-ring (bicyclic) bond motifs is 2. The van der Waals surface area contributed by atoms with Crippen molar-refractivity contribution >= 4 is 27.8 Å². The minimum atomic E-state index is -0.218. The molecule has 4 rings (SSSR count). The highest BCUT2D eigenvalue weighted by Crippen LogP contribution is 2.38. The quantitative estimate of drug-likeness (QED) is 0.454. The summed E-state index contributed by atoms with van der Waals surface area (Å²) in [5.41, 5.74) is 7.76. The van der Waals surface area contributed by atoms with E-state index in [1.807, 2.05) is 13.1 Å². The summed E-state index contributed by atoms with van der Waals surface area (Å²) in [4.78, 5) is 16.8. The van der Waals surface area contributed by atoms with Gasteiger partial charge in [0, 0.05) is 33.7 Å². The maximum atomic E-state index is 12.2. The number of aromatic nitrogens is 2. The Hall–Kier alpha value is -3.14. The molecular weight excluding hydrogens is 348 g/mol. The highest BCUT2D eigenvalue weighted by Gasteiger charge is 2.19. The smallest absolute Gasteiger partial charge is 0.325 e. The fourth-order valence-electron chi connectivity index (χ4n) is 4.02. The second kappa shape index (κ2) is 7.12. The monoisotopic (exact) mass is 372 g/mol. The number of benzene rings is 2. The Bertz CT molecular complexity index is 1200. The molecule has 142 valence electrons. The lowest BCUT2D eigenvalue weighted by atomic mass is 9.97. The van der Waals surface area contributed by atoms with Gasteiger partial charge in [-0.25, -0.2) is 0 Å². The zero-order valence-electron chi connectivity index (χ0n) is 16.7.